The molecule has 0 aromatic carbocycles. The summed E-state index contributed by atoms with van der Waals surface area (Å²) in [7, 11) is 0. The molecule has 1 heterocycles. The second-order valence-corrected chi connectivity index (χ2v) is 3.79. The monoisotopic (exact) mass is 331 g/mol. The van der Waals surface area contributed by atoms with E-state index in [1.54, 1.807) is 22.6 Å². The Kier molecular flexibility index (Phi) is 4.18. The molecule has 0 fully saturated rings. The molecule has 1 aromatic rings. The third-order valence-corrected chi connectivity index (χ3v) is 3.19. The Morgan fingerprint density at radius 2 is 2.29 bits per heavy atom. The number of alkyl halides is 3. The second kappa shape index (κ2) is 4.97. The van der Waals surface area contributed by atoms with Gasteiger partial charge in [0.05, 0.1) is 5.88 Å². The molecule has 0 aliphatic heterocycles. The van der Waals surface area contributed by atoms with Crippen LogP contribution in [-0.4, -0.2) is 11.3 Å². The van der Waals surface area contributed by atoms with Crippen LogP contribution in [0.1, 0.15) is 28.0 Å². The van der Waals surface area contributed by atoms with Gasteiger partial charge in [-0.1, -0.05) is 0 Å². The molecule has 0 aliphatic carbocycles. The number of hydrogen-bond donors (Lipinski definition) is 0. The number of aromatic nitrogens is 1. The van der Waals surface area contributed by atoms with Gasteiger partial charge in [0.15, 0.2) is 6.29 Å². The van der Waals surface area contributed by atoms with E-state index in [9.17, 15) is 13.6 Å². The summed E-state index contributed by atoms with van der Waals surface area (Å²) in [4.78, 5) is 14.1. The van der Waals surface area contributed by atoms with Gasteiger partial charge in [0.1, 0.15) is 5.69 Å². The predicted octanol–water partition coefficient (Wildman–Crippen LogP) is 3.18. The van der Waals surface area contributed by atoms with Gasteiger partial charge >= 0.3 is 0 Å². The summed E-state index contributed by atoms with van der Waals surface area (Å²) in [6, 6.07) is 0. The van der Waals surface area contributed by atoms with Gasteiger partial charge in [0.25, 0.3) is 6.43 Å². The lowest BCUT2D eigenvalue weighted by atomic mass is 10.1. The van der Waals surface area contributed by atoms with Crippen LogP contribution in [0.5, 0.6) is 0 Å². The van der Waals surface area contributed by atoms with Crippen molar-refractivity contribution in [2.45, 2.75) is 12.3 Å². The normalized spacial score (nSPS) is 10.6. The summed E-state index contributed by atoms with van der Waals surface area (Å²) in [6.45, 7) is 0. The number of rotatable bonds is 3. The predicted molar refractivity (Wildman–Crippen MR) is 56.9 cm³/mol. The number of halogens is 4. The summed E-state index contributed by atoms with van der Waals surface area (Å²) < 4.78 is 25.1. The molecule has 76 valence electrons. The van der Waals surface area contributed by atoms with E-state index in [1.807, 2.05) is 0 Å². The maximum Gasteiger partial charge on any atom is 0.266 e. The minimum absolute atomic E-state index is 0.0000926. The molecule has 1 rings (SSSR count). The SMILES string of the molecule is O=Cc1ncc(C(F)F)c(I)c1CCl. The Labute approximate surface area is 97.8 Å². The molecule has 6 heteroatoms. The Bertz CT molecular complexity index is 359. The molecule has 0 spiro atoms. The van der Waals surface area contributed by atoms with Crippen molar-refractivity contribution in [2.75, 3.05) is 0 Å². The highest BCUT2D eigenvalue weighted by Crippen LogP contribution is 2.28. The molecule has 0 atom stereocenters. The molecule has 0 radical (unpaired) electrons. The highest BCUT2D eigenvalue weighted by Gasteiger charge is 2.17. The molecule has 0 bridgehead atoms. The lowest BCUT2D eigenvalue weighted by Crippen LogP contribution is -2.02. The van der Waals surface area contributed by atoms with E-state index in [0.29, 0.717) is 15.4 Å². The minimum Gasteiger partial charge on any atom is -0.296 e. The van der Waals surface area contributed by atoms with Crippen molar-refractivity contribution in [3.05, 3.63) is 26.6 Å². The van der Waals surface area contributed by atoms with Crippen molar-refractivity contribution in [1.29, 1.82) is 0 Å². The average molecular weight is 331 g/mol. The first-order valence-electron chi connectivity index (χ1n) is 3.58. The summed E-state index contributed by atoms with van der Waals surface area (Å²) in [6.07, 6.45) is -1.08. The van der Waals surface area contributed by atoms with E-state index in [1.165, 1.54) is 0 Å². The van der Waals surface area contributed by atoms with Crippen LogP contribution in [0.25, 0.3) is 0 Å². The van der Waals surface area contributed by atoms with Crippen molar-refractivity contribution < 1.29 is 13.6 Å². The molecule has 0 N–H and O–H groups in total. The largest absolute Gasteiger partial charge is 0.296 e. The minimum atomic E-state index is -2.60. The molecule has 0 aliphatic rings. The highest BCUT2D eigenvalue weighted by molar-refractivity contribution is 14.1. The highest BCUT2D eigenvalue weighted by atomic mass is 127. The number of aldehydes is 1. The van der Waals surface area contributed by atoms with Crippen LogP contribution in [0.15, 0.2) is 6.20 Å². The standard InChI is InChI=1S/C8H5ClF2INO/c9-1-4-6(3-14)13-2-5(7(4)12)8(10)11/h2-3,8H,1H2. The lowest BCUT2D eigenvalue weighted by Gasteiger charge is -2.08. The summed E-state index contributed by atoms with van der Waals surface area (Å²) in [5.41, 5.74) is 0.292. The van der Waals surface area contributed by atoms with Crippen LogP contribution in [0.4, 0.5) is 8.78 Å². The average Bonchev–Trinajstić information content (AvgIpc) is 2.16. The molecule has 0 amide bonds. The van der Waals surface area contributed by atoms with E-state index < -0.39 is 6.43 Å². The third-order valence-electron chi connectivity index (χ3n) is 1.65. The Hall–Kier alpha value is -0.300. The number of carbonyl (C=O) groups excluding carboxylic acids is 1. The zero-order chi connectivity index (χ0) is 10.7. The van der Waals surface area contributed by atoms with Crippen molar-refractivity contribution in [3.8, 4) is 0 Å². The fourth-order valence-electron chi connectivity index (χ4n) is 0.941. The molecule has 1 aromatic heterocycles. The van der Waals surface area contributed by atoms with Crippen LogP contribution in [0, 0.1) is 3.57 Å². The quantitative estimate of drug-likeness (QED) is 0.484. The third kappa shape index (κ3) is 2.20. The van der Waals surface area contributed by atoms with Gasteiger partial charge in [0.2, 0.25) is 0 Å². The van der Waals surface area contributed by atoms with E-state index in [-0.39, 0.29) is 17.1 Å². The van der Waals surface area contributed by atoms with Gasteiger partial charge in [-0.15, -0.1) is 11.6 Å². The van der Waals surface area contributed by atoms with E-state index in [4.69, 9.17) is 11.6 Å². The molecule has 0 unspecified atom stereocenters. The van der Waals surface area contributed by atoms with Crippen LogP contribution < -0.4 is 0 Å². The maximum atomic E-state index is 12.4. The van der Waals surface area contributed by atoms with Gasteiger partial charge in [-0.25, -0.2) is 8.78 Å². The molecule has 2 nitrogen and oxygen atoms in total. The van der Waals surface area contributed by atoms with Gasteiger partial charge in [0, 0.05) is 20.9 Å². The van der Waals surface area contributed by atoms with Crippen LogP contribution >= 0.6 is 34.2 Å². The van der Waals surface area contributed by atoms with Crippen molar-refractivity contribution >= 4 is 40.5 Å². The van der Waals surface area contributed by atoms with E-state index in [0.717, 1.165) is 6.20 Å². The lowest BCUT2D eigenvalue weighted by molar-refractivity contribution is 0.111. The Morgan fingerprint density at radius 1 is 1.64 bits per heavy atom. The number of hydrogen-bond acceptors (Lipinski definition) is 2. The summed E-state index contributed by atoms with van der Waals surface area (Å²) >= 11 is 7.29. The van der Waals surface area contributed by atoms with Gasteiger partial charge in [-0.2, -0.15) is 0 Å². The maximum absolute atomic E-state index is 12.4. The van der Waals surface area contributed by atoms with Crippen molar-refractivity contribution in [3.63, 3.8) is 0 Å². The Balaban J connectivity index is 3.34. The topological polar surface area (TPSA) is 30.0 Å². The van der Waals surface area contributed by atoms with Crippen LogP contribution in [-0.2, 0) is 5.88 Å². The first-order chi connectivity index (χ1) is 6.61. The molecule has 14 heavy (non-hydrogen) atoms. The van der Waals surface area contributed by atoms with Gasteiger partial charge in [-0.05, 0) is 22.6 Å². The summed E-state index contributed by atoms with van der Waals surface area (Å²) in [5.74, 6) is -0.0000926. The van der Waals surface area contributed by atoms with Crippen LogP contribution in [0.3, 0.4) is 0 Å². The zero-order valence-corrected chi connectivity index (χ0v) is 9.72. The number of carbonyl (C=O) groups is 1. The molecule has 0 saturated heterocycles. The molecule has 0 saturated carbocycles. The molecular formula is C8H5ClF2INO. The zero-order valence-electron chi connectivity index (χ0n) is 6.81. The first-order valence-corrected chi connectivity index (χ1v) is 5.19. The second-order valence-electron chi connectivity index (χ2n) is 2.44. The summed E-state index contributed by atoms with van der Waals surface area (Å²) in [5, 5.41) is 0. The van der Waals surface area contributed by atoms with Crippen LogP contribution in [0.2, 0.25) is 0 Å². The Morgan fingerprint density at radius 3 is 2.71 bits per heavy atom. The first kappa shape index (κ1) is 11.8. The fourth-order valence-corrected chi connectivity index (χ4v) is 2.28. The molecular weight excluding hydrogens is 326 g/mol. The van der Waals surface area contributed by atoms with Crippen molar-refractivity contribution in [2.24, 2.45) is 0 Å². The van der Waals surface area contributed by atoms with E-state index in [2.05, 4.69) is 4.98 Å². The number of nitrogens with zero attached hydrogens (tertiary/aromatic N) is 1. The van der Waals surface area contributed by atoms with Gasteiger partial charge in [-0.3, -0.25) is 9.78 Å². The van der Waals surface area contributed by atoms with Crippen molar-refractivity contribution in [1.82, 2.24) is 4.98 Å². The fraction of sp³-hybridized carbons (Fsp3) is 0.250. The number of pyridine rings is 1. The smallest absolute Gasteiger partial charge is 0.266 e. The van der Waals surface area contributed by atoms with Gasteiger partial charge < -0.3 is 0 Å². The van der Waals surface area contributed by atoms with E-state index >= 15 is 0 Å².